The third-order valence-corrected chi connectivity index (χ3v) is 6.84. The van der Waals surface area contributed by atoms with E-state index in [4.69, 9.17) is 4.74 Å². The molecule has 2 N–H and O–H groups in total. The molecule has 164 valence electrons. The van der Waals surface area contributed by atoms with E-state index in [0.29, 0.717) is 37.0 Å². The van der Waals surface area contributed by atoms with Crippen molar-refractivity contribution in [2.45, 2.75) is 30.8 Å². The Morgan fingerprint density at radius 1 is 0.967 bits per heavy atom. The second-order valence-corrected chi connectivity index (χ2v) is 8.82. The van der Waals surface area contributed by atoms with E-state index >= 15 is 0 Å². The molecule has 1 aliphatic heterocycles. The molecule has 0 aliphatic carbocycles. The fourth-order valence-corrected chi connectivity index (χ4v) is 4.71. The van der Waals surface area contributed by atoms with Crippen LogP contribution >= 0.6 is 24.0 Å². The summed E-state index contributed by atoms with van der Waals surface area (Å²) in [6, 6.07) is 14.9. The molecule has 0 atom stereocenters. The Hall–Kier alpha value is -1.85. The van der Waals surface area contributed by atoms with Gasteiger partial charge in [0.2, 0.25) is 10.0 Å². The number of nitrogens with zero attached hydrogens (tertiary/aromatic N) is 2. The van der Waals surface area contributed by atoms with Gasteiger partial charge in [0.15, 0.2) is 5.96 Å². The first kappa shape index (κ1) is 24.4. The first-order valence-corrected chi connectivity index (χ1v) is 11.1. The van der Waals surface area contributed by atoms with Gasteiger partial charge in [0.1, 0.15) is 5.75 Å². The van der Waals surface area contributed by atoms with Crippen molar-refractivity contribution in [1.82, 2.24) is 14.9 Å². The van der Waals surface area contributed by atoms with Crippen LogP contribution in [0.15, 0.2) is 58.4 Å². The minimum absolute atomic E-state index is 0. The fourth-order valence-electron chi connectivity index (χ4n) is 3.19. The molecule has 1 aliphatic rings. The lowest BCUT2D eigenvalue weighted by Gasteiger charge is -2.16. The molecule has 0 spiro atoms. The van der Waals surface area contributed by atoms with Gasteiger partial charge < -0.3 is 15.4 Å². The van der Waals surface area contributed by atoms with E-state index in [0.717, 1.165) is 29.7 Å². The van der Waals surface area contributed by atoms with E-state index in [1.165, 1.54) is 0 Å². The Balaban J connectivity index is 0.00000320. The number of hydrogen-bond donors (Lipinski definition) is 2. The number of hydrogen-bond acceptors (Lipinski definition) is 4. The molecule has 0 aromatic heterocycles. The normalized spacial score (nSPS) is 14.8. The zero-order valence-electron chi connectivity index (χ0n) is 17.3. The van der Waals surface area contributed by atoms with Crippen molar-refractivity contribution < 1.29 is 13.2 Å². The predicted octanol–water partition coefficient (Wildman–Crippen LogP) is 2.96. The third-order valence-electron chi connectivity index (χ3n) is 4.93. The zero-order chi connectivity index (χ0) is 20.7. The van der Waals surface area contributed by atoms with Crippen molar-refractivity contribution in [2.75, 3.05) is 27.2 Å². The molecular weight excluding hydrogens is 515 g/mol. The van der Waals surface area contributed by atoms with Gasteiger partial charge in [-0.1, -0.05) is 24.3 Å². The first-order valence-electron chi connectivity index (χ1n) is 9.69. The third kappa shape index (κ3) is 6.32. The van der Waals surface area contributed by atoms with Crippen molar-refractivity contribution in [2.24, 2.45) is 4.99 Å². The number of ether oxygens (including phenoxy) is 1. The van der Waals surface area contributed by atoms with Gasteiger partial charge in [0.05, 0.1) is 12.0 Å². The van der Waals surface area contributed by atoms with Crippen molar-refractivity contribution in [3.63, 3.8) is 0 Å². The largest absolute Gasteiger partial charge is 0.497 e. The molecule has 0 unspecified atom stereocenters. The van der Waals surface area contributed by atoms with E-state index < -0.39 is 10.0 Å². The summed E-state index contributed by atoms with van der Waals surface area (Å²) in [5, 5.41) is 6.51. The van der Waals surface area contributed by atoms with Gasteiger partial charge in [-0.2, -0.15) is 4.31 Å². The maximum Gasteiger partial charge on any atom is 0.243 e. The summed E-state index contributed by atoms with van der Waals surface area (Å²) in [6.07, 6.45) is 1.87. The summed E-state index contributed by atoms with van der Waals surface area (Å²) < 4.78 is 31.9. The van der Waals surface area contributed by atoms with Crippen molar-refractivity contribution in [3.05, 3.63) is 59.7 Å². The van der Waals surface area contributed by atoms with Gasteiger partial charge in [0.25, 0.3) is 0 Å². The van der Waals surface area contributed by atoms with Crippen LogP contribution in [0.4, 0.5) is 0 Å². The van der Waals surface area contributed by atoms with Crippen LogP contribution in [0.2, 0.25) is 0 Å². The predicted molar refractivity (Wildman–Crippen MR) is 130 cm³/mol. The minimum atomic E-state index is -3.37. The summed E-state index contributed by atoms with van der Waals surface area (Å²) in [5.74, 6) is 1.50. The van der Waals surface area contributed by atoms with E-state index in [1.54, 1.807) is 30.6 Å². The number of benzene rings is 2. The molecule has 1 saturated heterocycles. The Morgan fingerprint density at radius 2 is 1.47 bits per heavy atom. The number of methoxy groups -OCH3 is 1. The highest BCUT2D eigenvalue weighted by Crippen LogP contribution is 2.21. The molecule has 7 nitrogen and oxygen atoms in total. The van der Waals surface area contributed by atoms with Gasteiger partial charge in [-0.25, -0.2) is 8.42 Å². The molecule has 2 aromatic rings. The van der Waals surface area contributed by atoms with E-state index in [1.807, 2.05) is 36.4 Å². The summed E-state index contributed by atoms with van der Waals surface area (Å²) in [5.41, 5.74) is 2.10. The molecule has 1 heterocycles. The lowest BCUT2D eigenvalue weighted by atomic mass is 10.2. The summed E-state index contributed by atoms with van der Waals surface area (Å²) >= 11 is 0. The number of nitrogens with one attached hydrogen (secondary N) is 2. The van der Waals surface area contributed by atoms with Crippen LogP contribution < -0.4 is 15.4 Å². The van der Waals surface area contributed by atoms with Gasteiger partial charge >= 0.3 is 0 Å². The van der Waals surface area contributed by atoms with E-state index in [-0.39, 0.29) is 24.0 Å². The summed E-state index contributed by atoms with van der Waals surface area (Å²) in [4.78, 5) is 4.58. The fraction of sp³-hybridized carbons (Fsp3) is 0.381. The Bertz CT molecular complexity index is 926. The van der Waals surface area contributed by atoms with Gasteiger partial charge in [-0.3, -0.25) is 4.99 Å². The molecule has 0 radical (unpaired) electrons. The van der Waals surface area contributed by atoms with E-state index in [2.05, 4.69) is 15.6 Å². The Morgan fingerprint density at radius 3 is 1.93 bits per heavy atom. The minimum Gasteiger partial charge on any atom is -0.497 e. The van der Waals surface area contributed by atoms with Gasteiger partial charge in [-0.15, -0.1) is 24.0 Å². The topological polar surface area (TPSA) is 83.0 Å². The van der Waals surface area contributed by atoms with Gasteiger partial charge in [0, 0.05) is 33.2 Å². The molecular formula is C21H29IN4O3S. The standard InChI is InChI=1S/C21H28N4O3S.HI/c1-22-21(23-15-17-5-9-19(28-2)10-6-17)24-16-18-7-11-20(12-8-18)29(26,27)25-13-3-4-14-25;/h5-12H,3-4,13-16H2,1-2H3,(H2,22,23,24);1H. The van der Waals surface area contributed by atoms with Crippen LogP contribution in [0, 0.1) is 0 Å². The van der Waals surface area contributed by atoms with Crippen molar-refractivity contribution >= 4 is 40.0 Å². The summed E-state index contributed by atoms with van der Waals surface area (Å²) in [6.45, 7) is 2.41. The number of guanidine groups is 1. The zero-order valence-corrected chi connectivity index (χ0v) is 20.4. The van der Waals surface area contributed by atoms with Crippen LogP contribution in [0.1, 0.15) is 24.0 Å². The lowest BCUT2D eigenvalue weighted by Crippen LogP contribution is -2.36. The first-order chi connectivity index (χ1) is 14.0. The molecule has 0 amide bonds. The van der Waals surface area contributed by atoms with Crippen LogP contribution in [0.25, 0.3) is 0 Å². The summed E-state index contributed by atoms with van der Waals surface area (Å²) in [7, 11) is -0.00426. The second-order valence-electron chi connectivity index (χ2n) is 6.88. The number of sulfonamides is 1. The average molecular weight is 544 g/mol. The SMILES string of the molecule is CN=C(NCc1ccc(OC)cc1)NCc1ccc(S(=O)(=O)N2CCCC2)cc1.I. The highest BCUT2D eigenvalue weighted by atomic mass is 127. The van der Waals surface area contributed by atoms with Crippen LogP contribution in [-0.2, 0) is 23.1 Å². The maximum atomic E-state index is 12.6. The lowest BCUT2D eigenvalue weighted by molar-refractivity contribution is 0.414. The second kappa shape index (κ2) is 11.5. The van der Waals surface area contributed by atoms with Crippen LogP contribution in [-0.4, -0.2) is 45.9 Å². The van der Waals surface area contributed by atoms with Crippen LogP contribution in [0.5, 0.6) is 5.75 Å². The number of aliphatic imine (C=N–C) groups is 1. The van der Waals surface area contributed by atoms with E-state index in [9.17, 15) is 8.42 Å². The maximum absolute atomic E-state index is 12.6. The highest BCUT2D eigenvalue weighted by molar-refractivity contribution is 14.0. The van der Waals surface area contributed by atoms with Crippen molar-refractivity contribution in [1.29, 1.82) is 0 Å². The highest BCUT2D eigenvalue weighted by Gasteiger charge is 2.26. The van der Waals surface area contributed by atoms with Crippen molar-refractivity contribution in [3.8, 4) is 5.75 Å². The Labute approximate surface area is 196 Å². The quantitative estimate of drug-likeness (QED) is 0.318. The molecule has 9 heteroatoms. The molecule has 1 fully saturated rings. The molecule has 3 rings (SSSR count). The monoisotopic (exact) mass is 544 g/mol. The Kier molecular flexibility index (Phi) is 9.37. The number of halogens is 1. The molecule has 30 heavy (non-hydrogen) atoms. The van der Waals surface area contributed by atoms with Gasteiger partial charge in [-0.05, 0) is 48.2 Å². The van der Waals surface area contributed by atoms with Crippen LogP contribution in [0.3, 0.4) is 0 Å². The average Bonchev–Trinajstić information content (AvgIpc) is 3.30. The molecule has 2 aromatic carbocycles. The number of rotatable bonds is 7. The smallest absolute Gasteiger partial charge is 0.243 e. The molecule has 0 bridgehead atoms. The molecule has 0 saturated carbocycles.